The summed E-state index contributed by atoms with van der Waals surface area (Å²) < 4.78 is 0. The van der Waals surface area contributed by atoms with Crippen molar-refractivity contribution in [1.29, 1.82) is 0 Å². The largest absolute Gasteiger partial charge is 0.399 e. The van der Waals surface area contributed by atoms with Gasteiger partial charge in [-0.15, -0.1) is 0 Å². The highest BCUT2D eigenvalue weighted by Gasteiger charge is 2.11. The first-order valence-corrected chi connectivity index (χ1v) is 4.26. The van der Waals surface area contributed by atoms with Crippen molar-refractivity contribution in [1.82, 2.24) is 11.0 Å². The summed E-state index contributed by atoms with van der Waals surface area (Å²) in [7, 11) is 4.43. The highest BCUT2D eigenvalue weighted by Crippen LogP contribution is 2.02. The van der Waals surface area contributed by atoms with E-state index in [0.717, 1.165) is 0 Å². The van der Waals surface area contributed by atoms with Gasteiger partial charge in [0, 0.05) is 0 Å². The molecule has 6 nitrogen and oxygen atoms in total. The molecule has 0 spiro atoms. The Morgan fingerprint density at radius 3 is 2.20 bits per heavy atom. The maximum Gasteiger partial charge on any atom is 0.152 e. The van der Waals surface area contributed by atoms with Gasteiger partial charge in [-0.3, -0.25) is 20.6 Å². The second-order valence-electron chi connectivity index (χ2n) is 2.42. The van der Waals surface area contributed by atoms with Gasteiger partial charge in [-0.05, 0) is 6.92 Å². The van der Waals surface area contributed by atoms with Crippen molar-refractivity contribution in [2.45, 2.75) is 6.92 Å². The monoisotopic (exact) mass is 215 g/mol. The Morgan fingerprint density at radius 2 is 1.80 bits per heavy atom. The molecule has 2 N–H and O–H groups in total. The fourth-order valence-corrected chi connectivity index (χ4v) is 0.884. The normalized spacial score (nSPS) is 12.3. The third-order valence-electron chi connectivity index (χ3n) is 1.45. The van der Waals surface area contributed by atoms with Crippen molar-refractivity contribution in [2.24, 2.45) is 5.16 Å². The van der Waals surface area contributed by atoms with Crippen LogP contribution in [-0.2, 0) is 14.5 Å². The summed E-state index contributed by atoms with van der Waals surface area (Å²) in [5, 5.41) is 3.80. The van der Waals surface area contributed by atoms with Crippen LogP contribution in [0.2, 0.25) is 0 Å². The van der Waals surface area contributed by atoms with Crippen molar-refractivity contribution >= 4 is 5.71 Å². The lowest BCUT2D eigenvalue weighted by Gasteiger charge is -2.13. The van der Waals surface area contributed by atoms with Crippen LogP contribution in [0.5, 0.6) is 0 Å². The first kappa shape index (κ1) is 13.5. The molecular formula is C9H17N3O3. The third kappa shape index (κ3) is 4.48. The minimum absolute atomic E-state index is 0.456. The van der Waals surface area contributed by atoms with Crippen LogP contribution in [0, 0.1) is 0 Å². The van der Waals surface area contributed by atoms with Gasteiger partial charge in [0.2, 0.25) is 0 Å². The molecule has 0 aromatic carbocycles. The molecule has 0 aliphatic heterocycles. The molecular weight excluding hydrogens is 198 g/mol. The zero-order valence-corrected chi connectivity index (χ0v) is 9.46. The molecule has 15 heavy (non-hydrogen) atoms. The zero-order chi connectivity index (χ0) is 11.7. The lowest BCUT2D eigenvalue weighted by Crippen LogP contribution is -2.26. The van der Waals surface area contributed by atoms with Crippen LogP contribution in [0.1, 0.15) is 6.92 Å². The van der Waals surface area contributed by atoms with Gasteiger partial charge in [0.1, 0.15) is 7.11 Å². The molecule has 0 fully saturated rings. The highest BCUT2D eigenvalue weighted by molar-refractivity contribution is 6.10. The van der Waals surface area contributed by atoms with Crippen LogP contribution in [0.15, 0.2) is 29.2 Å². The van der Waals surface area contributed by atoms with Crippen molar-refractivity contribution < 1.29 is 14.5 Å². The summed E-state index contributed by atoms with van der Waals surface area (Å²) >= 11 is 0. The average Bonchev–Trinajstić information content (AvgIpc) is 2.23. The number of nitrogens with one attached hydrogen (secondary N) is 2. The summed E-state index contributed by atoms with van der Waals surface area (Å²) in [6.07, 6.45) is 1.77. The smallest absolute Gasteiger partial charge is 0.152 e. The molecule has 0 bridgehead atoms. The number of rotatable bonds is 7. The Bertz CT molecular complexity index is 261. The van der Waals surface area contributed by atoms with Crippen molar-refractivity contribution in [3.8, 4) is 0 Å². The van der Waals surface area contributed by atoms with Crippen LogP contribution in [0.3, 0.4) is 0 Å². The van der Waals surface area contributed by atoms with Gasteiger partial charge in [0.05, 0.1) is 25.6 Å². The van der Waals surface area contributed by atoms with Crippen LogP contribution in [0.25, 0.3) is 0 Å². The summed E-state index contributed by atoms with van der Waals surface area (Å²) in [6.45, 7) is 5.56. The van der Waals surface area contributed by atoms with E-state index in [-0.39, 0.29) is 0 Å². The van der Waals surface area contributed by atoms with Gasteiger partial charge in [-0.1, -0.05) is 17.8 Å². The van der Waals surface area contributed by atoms with Gasteiger partial charge < -0.3 is 4.84 Å². The van der Waals surface area contributed by atoms with Gasteiger partial charge in [0.15, 0.2) is 5.71 Å². The van der Waals surface area contributed by atoms with Gasteiger partial charge in [-0.2, -0.15) is 0 Å². The second-order valence-corrected chi connectivity index (χ2v) is 2.42. The molecule has 0 saturated heterocycles. The van der Waals surface area contributed by atoms with E-state index in [2.05, 4.69) is 22.7 Å². The summed E-state index contributed by atoms with van der Waals surface area (Å²) in [5.74, 6) is 0. The molecule has 0 aliphatic rings. The summed E-state index contributed by atoms with van der Waals surface area (Å²) in [5.41, 5.74) is 6.75. The average molecular weight is 215 g/mol. The molecule has 86 valence electrons. The van der Waals surface area contributed by atoms with Gasteiger partial charge >= 0.3 is 0 Å². The Morgan fingerprint density at radius 1 is 1.20 bits per heavy atom. The number of hydrogen-bond acceptors (Lipinski definition) is 6. The van der Waals surface area contributed by atoms with E-state index in [1.807, 2.05) is 6.92 Å². The van der Waals surface area contributed by atoms with Crippen LogP contribution in [0.4, 0.5) is 0 Å². The molecule has 0 unspecified atom stereocenters. The van der Waals surface area contributed by atoms with E-state index in [4.69, 9.17) is 14.5 Å². The SMILES string of the molecule is C=C(NOC)C(=NOC)C(=CC)NOC. The number of oxime groups is 1. The predicted octanol–water partition coefficient (Wildman–Crippen LogP) is 0.708. The topological polar surface area (TPSA) is 64.1 Å². The van der Waals surface area contributed by atoms with Crippen molar-refractivity contribution in [2.75, 3.05) is 21.3 Å². The fourth-order valence-electron chi connectivity index (χ4n) is 0.884. The first-order chi connectivity index (χ1) is 7.21. The first-order valence-electron chi connectivity index (χ1n) is 4.26. The lowest BCUT2D eigenvalue weighted by molar-refractivity contribution is 0.116. The number of hydrogen-bond donors (Lipinski definition) is 2. The van der Waals surface area contributed by atoms with Gasteiger partial charge in [-0.25, -0.2) is 0 Å². The number of allylic oxidation sites excluding steroid dienone is 1. The highest BCUT2D eigenvalue weighted by atomic mass is 16.6. The molecule has 0 heterocycles. The van der Waals surface area contributed by atoms with E-state index >= 15 is 0 Å². The molecule has 0 rings (SSSR count). The molecule has 0 saturated carbocycles. The molecule has 0 amide bonds. The lowest BCUT2D eigenvalue weighted by atomic mass is 10.2. The van der Waals surface area contributed by atoms with E-state index in [1.165, 1.54) is 21.3 Å². The number of nitrogens with zero attached hydrogens (tertiary/aromatic N) is 1. The van der Waals surface area contributed by atoms with Crippen molar-refractivity contribution in [3.05, 3.63) is 24.0 Å². The zero-order valence-electron chi connectivity index (χ0n) is 9.46. The molecule has 0 radical (unpaired) electrons. The minimum Gasteiger partial charge on any atom is -0.399 e. The standard InChI is InChI=1S/C9H17N3O3/c1-6-8(11-14-4)9(12-15-5)7(2)10-13-3/h6,10-11H,2H2,1,3-5H3. The maximum atomic E-state index is 4.79. The Labute approximate surface area is 89.5 Å². The quantitative estimate of drug-likeness (QED) is 0.483. The van der Waals surface area contributed by atoms with E-state index in [9.17, 15) is 0 Å². The number of hydroxylamine groups is 2. The third-order valence-corrected chi connectivity index (χ3v) is 1.45. The van der Waals surface area contributed by atoms with Crippen LogP contribution in [-0.4, -0.2) is 27.0 Å². The van der Waals surface area contributed by atoms with Crippen LogP contribution >= 0.6 is 0 Å². The molecule has 0 aromatic heterocycles. The molecule has 0 aliphatic carbocycles. The summed E-state index contributed by atoms with van der Waals surface area (Å²) in [4.78, 5) is 14.2. The van der Waals surface area contributed by atoms with E-state index in [0.29, 0.717) is 17.1 Å². The second kappa shape index (κ2) is 7.84. The maximum absolute atomic E-state index is 4.79. The van der Waals surface area contributed by atoms with E-state index in [1.54, 1.807) is 6.08 Å². The predicted molar refractivity (Wildman–Crippen MR) is 57.6 cm³/mol. The molecule has 6 heteroatoms. The summed E-state index contributed by atoms with van der Waals surface area (Å²) in [6, 6.07) is 0. The van der Waals surface area contributed by atoms with Crippen LogP contribution < -0.4 is 11.0 Å². The Balaban J connectivity index is 4.79. The van der Waals surface area contributed by atoms with Crippen molar-refractivity contribution in [3.63, 3.8) is 0 Å². The minimum atomic E-state index is 0.456. The molecule has 0 atom stereocenters. The Kier molecular flexibility index (Phi) is 7.04. The Hall–Kier alpha value is -1.53. The molecule has 0 aromatic rings. The van der Waals surface area contributed by atoms with Gasteiger partial charge in [0.25, 0.3) is 0 Å². The van der Waals surface area contributed by atoms with E-state index < -0.39 is 0 Å². The fraction of sp³-hybridized carbons (Fsp3) is 0.444.